The zero-order valence-corrected chi connectivity index (χ0v) is 6.29. The zero-order chi connectivity index (χ0) is 7.98. The van der Waals surface area contributed by atoms with Crippen LogP contribution in [0.4, 0.5) is 0 Å². The maximum Gasteiger partial charge on any atom is 0.160 e. The number of aldehydes is 1. The minimum absolute atomic E-state index is 0.00773. The van der Waals surface area contributed by atoms with Crippen LogP contribution in [0.15, 0.2) is 0 Å². The summed E-state index contributed by atoms with van der Waals surface area (Å²) in [7, 11) is 0. The van der Waals surface area contributed by atoms with Crippen molar-refractivity contribution in [3.05, 3.63) is 0 Å². The number of hydrogen-bond acceptors (Lipinski definition) is 3. The van der Waals surface area contributed by atoms with E-state index in [0.717, 1.165) is 0 Å². The molecule has 0 fully saturated rings. The van der Waals surface area contributed by atoms with Gasteiger partial charge >= 0.3 is 0 Å². The summed E-state index contributed by atoms with van der Waals surface area (Å²) in [5, 5.41) is 0. The SMILES string of the molecule is CC(C)C(=O)COCC=O. The van der Waals surface area contributed by atoms with Gasteiger partial charge in [0.1, 0.15) is 19.5 Å². The van der Waals surface area contributed by atoms with Crippen LogP contribution in [0, 0.1) is 5.92 Å². The molecule has 0 N–H and O–H groups in total. The molecule has 0 aromatic rings. The van der Waals surface area contributed by atoms with Gasteiger partial charge in [-0.1, -0.05) is 13.8 Å². The van der Waals surface area contributed by atoms with Gasteiger partial charge in [0.25, 0.3) is 0 Å². The normalized spacial score (nSPS) is 9.90. The van der Waals surface area contributed by atoms with Crippen LogP contribution in [0.25, 0.3) is 0 Å². The van der Waals surface area contributed by atoms with Crippen molar-refractivity contribution < 1.29 is 14.3 Å². The van der Waals surface area contributed by atoms with Gasteiger partial charge in [-0.25, -0.2) is 0 Å². The van der Waals surface area contributed by atoms with Gasteiger partial charge in [-0.05, 0) is 0 Å². The molecule has 0 amide bonds. The second kappa shape index (κ2) is 5.11. The fraction of sp³-hybridized carbons (Fsp3) is 0.714. The van der Waals surface area contributed by atoms with Crippen molar-refractivity contribution in [2.24, 2.45) is 5.92 Å². The van der Waals surface area contributed by atoms with Crippen molar-refractivity contribution in [2.75, 3.05) is 13.2 Å². The third-order valence-electron chi connectivity index (χ3n) is 1.07. The number of carbonyl (C=O) groups is 2. The molecule has 3 heteroatoms. The van der Waals surface area contributed by atoms with Gasteiger partial charge in [0.2, 0.25) is 0 Å². The van der Waals surface area contributed by atoms with E-state index in [1.54, 1.807) is 13.8 Å². The molecule has 0 unspecified atom stereocenters. The van der Waals surface area contributed by atoms with Gasteiger partial charge in [0.05, 0.1) is 0 Å². The maximum absolute atomic E-state index is 10.8. The third kappa shape index (κ3) is 4.21. The zero-order valence-electron chi connectivity index (χ0n) is 6.29. The van der Waals surface area contributed by atoms with Gasteiger partial charge in [-0.15, -0.1) is 0 Å². The molecule has 58 valence electrons. The number of carbonyl (C=O) groups excluding carboxylic acids is 2. The molecule has 0 aliphatic heterocycles. The minimum Gasteiger partial charge on any atom is -0.366 e. The molecule has 10 heavy (non-hydrogen) atoms. The van der Waals surface area contributed by atoms with E-state index in [4.69, 9.17) is 0 Å². The molecule has 0 aliphatic carbocycles. The van der Waals surface area contributed by atoms with Crippen molar-refractivity contribution >= 4 is 12.1 Å². The van der Waals surface area contributed by atoms with E-state index in [0.29, 0.717) is 6.29 Å². The molecule has 0 rings (SSSR count). The molecule has 3 nitrogen and oxygen atoms in total. The quantitative estimate of drug-likeness (QED) is 0.415. The van der Waals surface area contributed by atoms with Gasteiger partial charge < -0.3 is 9.53 Å². The molecular weight excluding hydrogens is 132 g/mol. The Morgan fingerprint density at radius 3 is 2.60 bits per heavy atom. The van der Waals surface area contributed by atoms with E-state index >= 15 is 0 Å². The fourth-order valence-corrected chi connectivity index (χ4v) is 0.374. The largest absolute Gasteiger partial charge is 0.366 e. The van der Waals surface area contributed by atoms with E-state index in [2.05, 4.69) is 4.74 Å². The molecule has 0 aromatic carbocycles. The number of ketones is 1. The van der Waals surface area contributed by atoms with Gasteiger partial charge in [0.15, 0.2) is 5.78 Å². The number of Topliss-reactive ketones (excluding diaryl/α,β-unsaturated/α-hetero) is 1. The Morgan fingerprint density at radius 1 is 1.60 bits per heavy atom. The summed E-state index contributed by atoms with van der Waals surface area (Å²) >= 11 is 0. The number of ether oxygens (including phenoxy) is 1. The molecule has 0 radical (unpaired) electrons. The molecular formula is C7H12O3. The molecule has 0 spiro atoms. The van der Waals surface area contributed by atoms with Gasteiger partial charge in [-0.3, -0.25) is 4.79 Å². The van der Waals surface area contributed by atoms with Gasteiger partial charge in [0, 0.05) is 5.92 Å². The second-order valence-electron chi connectivity index (χ2n) is 2.30. The molecule has 0 saturated carbocycles. The summed E-state index contributed by atoms with van der Waals surface area (Å²) in [5.41, 5.74) is 0. The summed E-state index contributed by atoms with van der Waals surface area (Å²) in [5.74, 6) is 0.0218. The first kappa shape index (κ1) is 9.30. The highest BCUT2D eigenvalue weighted by Crippen LogP contribution is 1.93. The summed E-state index contributed by atoms with van der Waals surface area (Å²) in [6.07, 6.45) is 0.633. The summed E-state index contributed by atoms with van der Waals surface area (Å²) in [4.78, 5) is 20.5. The van der Waals surface area contributed by atoms with Crippen LogP contribution in [0.5, 0.6) is 0 Å². The predicted molar refractivity (Wildman–Crippen MR) is 36.7 cm³/mol. The summed E-state index contributed by atoms with van der Waals surface area (Å²) in [6.45, 7) is 3.66. The van der Waals surface area contributed by atoms with Crippen LogP contribution < -0.4 is 0 Å². The molecule has 0 aromatic heterocycles. The smallest absolute Gasteiger partial charge is 0.160 e. The summed E-state index contributed by atoms with van der Waals surface area (Å²) < 4.78 is 4.69. The van der Waals surface area contributed by atoms with Crippen LogP contribution in [0.2, 0.25) is 0 Å². The Bertz CT molecular complexity index is 118. The Morgan fingerprint density at radius 2 is 2.20 bits per heavy atom. The lowest BCUT2D eigenvalue weighted by molar-refractivity contribution is -0.127. The average molecular weight is 144 g/mol. The monoisotopic (exact) mass is 144 g/mol. The van der Waals surface area contributed by atoms with E-state index in [-0.39, 0.29) is 24.9 Å². The highest BCUT2D eigenvalue weighted by molar-refractivity contribution is 5.81. The highest BCUT2D eigenvalue weighted by Gasteiger charge is 2.05. The lowest BCUT2D eigenvalue weighted by Crippen LogP contribution is -2.15. The highest BCUT2D eigenvalue weighted by atomic mass is 16.5. The molecule has 0 heterocycles. The van der Waals surface area contributed by atoms with Crippen molar-refractivity contribution in [1.82, 2.24) is 0 Å². The molecule has 0 atom stereocenters. The lowest BCUT2D eigenvalue weighted by atomic mass is 10.1. The second-order valence-corrected chi connectivity index (χ2v) is 2.30. The number of hydrogen-bond donors (Lipinski definition) is 0. The summed E-state index contributed by atoms with van der Waals surface area (Å²) in [6, 6.07) is 0. The standard InChI is InChI=1S/C7H12O3/c1-6(2)7(9)5-10-4-3-8/h3,6H,4-5H2,1-2H3. The lowest BCUT2D eigenvalue weighted by Gasteiger charge is -2.01. The van der Waals surface area contributed by atoms with E-state index in [9.17, 15) is 9.59 Å². The first-order valence-electron chi connectivity index (χ1n) is 3.22. The van der Waals surface area contributed by atoms with E-state index in [1.807, 2.05) is 0 Å². The fourth-order valence-electron chi connectivity index (χ4n) is 0.374. The van der Waals surface area contributed by atoms with Gasteiger partial charge in [-0.2, -0.15) is 0 Å². The molecule has 0 saturated heterocycles. The van der Waals surface area contributed by atoms with Crippen LogP contribution in [0.1, 0.15) is 13.8 Å². The van der Waals surface area contributed by atoms with Crippen LogP contribution in [0.3, 0.4) is 0 Å². The first-order valence-corrected chi connectivity index (χ1v) is 3.22. The Labute approximate surface area is 60.4 Å². The third-order valence-corrected chi connectivity index (χ3v) is 1.07. The first-order chi connectivity index (χ1) is 4.68. The predicted octanol–water partition coefficient (Wildman–Crippen LogP) is 0.427. The maximum atomic E-state index is 10.8. The van der Waals surface area contributed by atoms with Crippen molar-refractivity contribution in [1.29, 1.82) is 0 Å². The Hall–Kier alpha value is -0.700. The molecule has 0 bridgehead atoms. The molecule has 0 aliphatic rings. The van der Waals surface area contributed by atoms with Crippen molar-refractivity contribution in [3.8, 4) is 0 Å². The van der Waals surface area contributed by atoms with Crippen molar-refractivity contribution in [3.63, 3.8) is 0 Å². The Balaban J connectivity index is 3.30. The van der Waals surface area contributed by atoms with Crippen LogP contribution >= 0.6 is 0 Å². The minimum atomic E-state index is -0.00773. The Kier molecular flexibility index (Phi) is 4.76. The average Bonchev–Trinajstić information content (AvgIpc) is 1.88. The van der Waals surface area contributed by atoms with Crippen molar-refractivity contribution in [2.45, 2.75) is 13.8 Å². The van der Waals surface area contributed by atoms with E-state index in [1.165, 1.54) is 0 Å². The van der Waals surface area contributed by atoms with Crippen LogP contribution in [-0.2, 0) is 14.3 Å². The van der Waals surface area contributed by atoms with E-state index < -0.39 is 0 Å². The topological polar surface area (TPSA) is 43.4 Å². The number of rotatable bonds is 5. The van der Waals surface area contributed by atoms with Crippen LogP contribution in [-0.4, -0.2) is 25.3 Å².